The number of hydrogen-bond acceptors (Lipinski definition) is 4. The van der Waals surface area contributed by atoms with Gasteiger partial charge in [0.25, 0.3) is 0 Å². The molecular formula is C15H27N3OS. The normalized spacial score (nSPS) is 12.5. The first kappa shape index (κ1) is 17.1. The molecule has 1 heterocycles. The molecule has 0 spiro atoms. The predicted molar refractivity (Wildman–Crippen MR) is 85.0 cm³/mol. The monoisotopic (exact) mass is 297 g/mol. The Bertz CT molecular complexity index is 441. The molecule has 0 unspecified atom stereocenters. The summed E-state index contributed by atoms with van der Waals surface area (Å²) in [4.78, 5) is 17.3. The molecule has 1 amide bonds. The number of carbonyl (C=O) groups is 1. The van der Waals surface area contributed by atoms with Crippen molar-refractivity contribution >= 4 is 17.2 Å². The molecule has 0 aliphatic carbocycles. The molecule has 1 aromatic rings. The maximum atomic E-state index is 11.6. The largest absolute Gasteiger partial charge is 0.351 e. The van der Waals surface area contributed by atoms with Crippen molar-refractivity contribution in [3.05, 3.63) is 16.1 Å². The van der Waals surface area contributed by atoms with E-state index in [-0.39, 0.29) is 16.9 Å². The number of carbonyl (C=O) groups excluding carboxylic acids is 1. The first-order valence-corrected chi connectivity index (χ1v) is 7.86. The fourth-order valence-electron chi connectivity index (χ4n) is 1.63. The Morgan fingerprint density at radius 1 is 1.25 bits per heavy atom. The van der Waals surface area contributed by atoms with Crippen molar-refractivity contribution < 1.29 is 4.79 Å². The highest BCUT2D eigenvalue weighted by Crippen LogP contribution is 2.26. The molecule has 5 heteroatoms. The molecule has 0 aromatic carbocycles. The van der Waals surface area contributed by atoms with E-state index in [1.165, 1.54) is 4.88 Å². The number of amides is 1. The third-order valence-corrected chi connectivity index (χ3v) is 3.96. The van der Waals surface area contributed by atoms with Gasteiger partial charge in [0.05, 0.1) is 5.01 Å². The van der Waals surface area contributed by atoms with Gasteiger partial charge in [-0.2, -0.15) is 0 Å². The second-order valence-electron chi connectivity index (χ2n) is 7.11. The van der Waals surface area contributed by atoms with E-state index in [9.17, 15) is 4.79 Å². The molecule has 4 nitrogen and oxygen atoms in total. The predicted octanol–water partition coefficient (Wildman–Crippen LogP) is 2.84. The highest BCUT2D eigenvalue weighted by Gasteiger charge is 2.18. The van der Waals surface area contributed by atoms with E-state index < -0.39 is 0 Å². The Labute approximate surface area is 126 Å². The van der Waals surface area contributed by atoms with Gasteiger partial charge in [-0.3, -0.25) is 4.79 Å². The zero-order chi connectivity index (χ0) is 15.4. The van der Waals surface area contributed by atoms with Crippen LogP contribution in [0.15, 0.2) is 6.20 Å². The molecule has 0 saturated carbocycles. The van der Waals surface area contributed by atoms with E-state index in [0.29, 0.717) is 13.0 Å². The number of nitrogens with zero attached hydrogens (tertiary/aromatic N) is 1. The second-order valence-corrected chi connectivity index (χ2v) is 8.22. The molecule has 2 N–H and O–H groups in total. The van der Waals surface area contributed by atoms with Crippen LogP contribution in [-0.2, 0) is 16.8 Å². The quantitative estimate of drug-likeness (QED) is 0.822. The van der Waals surface area contributed by atoms with Gasteiger partial charge in [0, 0.05) is 41.5 Å². The van der Waals surface area contributed by atoms with Crippen LogP contribution in [0.25, 0.3) is 0 Å². The molecule has 0 aliphatic heterocycles. The van der Waals surface area contributed by atoms with E-state index in [2.05, 4.69) is 36.4 Å². The lowest BCUT2D eigenvalue weighted by Crippen LogP contribution is -2.41. The van der Waals surface area contributed by atoms with Crippen LogP contribution >= 0.6 is 11.3 Å². The number of aromatic nitrogens is 1. The maximum Gasteiger partial charge on any atom is 0.221 e. The van der Waals surface area contributed by atoms with Gasteiger partial charge in [-0.1, -0.05) is 20.8 Å². The summed E-state index contributed by atoms with van der Waals surface area (Å²) < 4.78 is 0. The fourth-order valence-corrected chi connectivity index (χ4v) is 2.57. The highest BCUT2D eigenvalue weighted by molar-refractivity contribution is 7.11. The molecule has 20 heavy (non-hydrogen) atoms. The highest BCUT2D eigenvalue weighted by atomic mass is 32.1. The van der Waals surface area contributed by atoms with Crippen LogP contribution in [-0.4, -0.2) is 23.0 Å². The lowest BCUT2D eigenvalue weighted by atomic mass is 9.98. The van der Waals surface area contributed by atoms with Gasteiger partial charge in [-0.15, -0.1) is 11.3 Å². The van der Waals surface area contributed by atoms with Crippen molar-refractivity contribution in [2.45, 2.75) is 65.5 Å². The van der Waals surface area contributed by atoms with E-state index >= 15 is 0 Å². The standard InChI is InChI=1S/C15H27N3OS/c1-14(2,3)13-17-10-11(20-13)9-16-8-7-12(19)18-15(4,5)6/h10,16H,7-9H2,1-6H3,(H,18,19). The topological polar surface area (TPSA) is 54.0 Å². The van der Waals surface area contributed by atoms with Gasteiger partial charge in [0.15, 0.2) is 0 Å². The maximum absolute atomic E-state index is 11.6. The molecular weight excluding hydrogens is 270 g/mol. The van der Waals surface area contributed by atoms with Crippen LogP contribution in [0.4, 0.5) is 0 Å². The molecule has 0 atom stereocenters. The van der Waals surface area contributed by atoms with E-state index in [4.69, 9.17) is 0 Å². The van der Waals surface area contributed by atoms with Gasteiger partial charge in [0.2, 0.25) is 5.91 Å². The average Bonchev–Trinajstić information content (AvgIpc) is 2.70. The molecule has 1 rings (SSSR count). The van der Waals surface area contributed by atoms with Crippen LogP contribution < -0.4 is 10.6 Å². The molecule has 0 radical (unpaired) electrons. The van der Waals surface area contributed by atoms with E-state index in [0.717, 1.165) is 11.6 Å². The van der Waals surface area contributed by atoms with Gasteiger partial charge in [-0.05, 0) is 20.8 Å². The van der Waals surface area contributed by atoms with Gasteiger partial charge in [0.1, 0.15) is 0 Å². The first-order valence-electron chi connectivity index (χ1n) is 7.05. The smallest absolute Gasteiger partial charge is 0.221 e. The first-order chi connectivity index (χ1) is 9.08. The van der Waals surface area contributed by atoms with Gasteiger partial charge >= 0.3 is 0 Å². The summed E-state index contributed by atoms with van der Waals surface area (Å²) in [5, 5.41) is 7.40. The van der Waals surface area contributed by atoms with Crippen molar-refractivity contribution in [1.29, 1.82) is 0 Å². The lowest BCUT2D eigenvalue weighted by molar-refractivity contribution is -0.122. The third kappa shape index (κ3) is 6.48. The van der Waals surface area contributed by atoms with Crippen LogP contribution in [0.1, 0.15) is 57.8 Å². The van der Waals surface area contributed by atoms with Crippen molar-refractivity contribution in [1.82, 2.24) is 15.6 Å². The summed E-state index contributed by atoms with van der Waals surface area (Å²) >= 11 is 1.73. The Hall–Kier alpha value is -0.940. The number of rotatable bonds is 5. The summed E-state index contributed by atoms with van der Waals surface area (Å²) in [5.74, 6) is 0.0877. The van der Waals surface area contributed by atoms with Crippen LogP contribution in [0.5, 0.6) is 0 Å². The number of hydrogen-bond donors (Lipinski definition) is 2. The minimum Gasteiger partial charge on any atom is -0.351 e. The van der Waals surface area contributed by atoms with Crippen molar-refractivity contribution in [3.63, 3.8) is 0 Å². The van der Waals surface area contributed by atoms with Crippen molar-refractivity contribution in [3.8, 4) is 0 Å². The molecule has 0 bridgehead atoms. The third-order valence-electron chi connectivity index (χ3n) is 2.54. The molecule has 0 saturated heterocycles. The zero-order valence-corrected chi connectivity index (χ0v) is 14.3. The number of thiazole rings is 1. The summed E-state index contributed by atoms with van der Waals surface area (Å²) in [6.07, 6.45) is 2.43. The molecule has 0 fully saturated rings. The SMILES string of the molecule is CC(C)(C)NC(=O)CCNCc1cnc(C(C)(C)C)s1. The van der Waals surface area contributed by atoms with Crippen LogP contribution in [0.2, 0.25) is 0 Å². The molecule has 114 valence electrons. The van der Waals surface area contributed by atoms with Crippen LogP contribution in [0, 0.1) is 0 Å². The second kappa shape index (κ2) is 6.68. The van der Waals surface area contributed by atoms with E-state index in [1.54, 1.807) is 11.3 Å². The molecule has 0 aliphatic rings. The van der Waals surface area contributed by atoms with Crippen LogP contribution in [0.3, 0.4) is 0 Å². The minimum atomic E-state index is -0.156. The fraction of sp³-hybridized carbons (Fsp3) is 0.733. The summed E-state index contributed by atoms with van der Waals surface area (Å²) in [6.45, 7) is 13.9. The van der Waals surface area contributed by atoms with Gasteiger partial charge < -0.3 is 10.6 Å². The van der Waals surface area contributed by atoms with Gasteiger partial charge in [-0.25, -0.2) is 4.98 Å². The Morgan fingerprint density at radius 2 is 1.90 bits per heavy atom. The lowest BCUT2D eigenvalue weighted by Gasteiger charge is -2.20. The Balaban J connectivity index is 2.28. The van der Waals surface area contributed by atoms with Crippen molar-refractivity contribution in [2.24, 2.45) is 0 Å². The molecule has 1 aromatic heterocycles. The van der Waals surface area contributed by atoms with Crippen molar-refractivity contribution in [2.75, 3.05) is 6.54 Å². The minimum absolute atomic E-state index is 0.0877. The average molecular weight is 297 g/mol. The number of nitrogens with one attached hydrogen (secondary N) is 2. The Morgan fingerprint density at radius 3 is 2.40 bits per heavy atom. The summed E-state index contributed by atoms with van der Waals surface area (Å²) in [7, 11) is 0. The van der Waals surface area contributed by atoms with E-state index in [1.807, 2.05) is 27.0 Å². The summed E-state index contributed by atoms with van der Waals surface area (Å²) in [5.41, 5.74) is -0.0497. The Kier molecular flexibility index (Phi) is 5.71. The summed E-state index contributed by atoms with van der Waals surface area (Å²) in [6, 6.07) is 0. The zero-order valence-electron chi connectivity index (χ0n) is 13.5.